The number of aliphatic hydroxyl groups is 1. The molecule has 2 aliphatic rings. The van der Waals surface area contributed by atoms with Gasteiger partial charge < -0.3 is 10.4 Å². The van der Waals surface area contributed by atoms with Crippen LogP contribution in [0.15, 0.2) is 35.3 Å². The van der Waals surface area contributed by atoms with E-state index in [1.807, 2.05) is 28.2 Å². The number of hydrogen-bond donors (Lipinski definition) is 2. The van der Waals surface area contributed by atoms with E-state index in [1.165, 1.54) is 0 Å². The molecule has 1 aliphatic heterocycles. The fraction of sp³-hybridized carbons (Fsp3) is 0.417. The summed E-state index contributed by atoms with van der Waals surface area (Å²) in [6.45, 7) is 2.75. The Morgan fingerprint density at radius 1 is 1.16 bits per heavy atom. The van der Waals surface area contributed by atoms with Crippen LogP contribution in [-0.2, 0) is 13.0 Å². The van der Waals surface area contributed by atoms with E-state index in [4.69, 9.17) is 9.97 Å². The second kappa shape index (κ2) is 7.41. The molecule has 0 unspecified atom stereocenters. The first-order valence-electron chi connectivity index (χ1n) is 11.4. The molecule has 0 atom stereocenters. The van der Waals surface area contributed by atoms with E-state index in [1.54, 1.807) is 6.20 Å². The number of hydrogen-bond acceptors (Lipinski definition) is 6. The molecule has 0 radical (unpaired) electrons. The van der Waals surface area contributed by atoms with E-state index in [-0.39, 0.29) is 17.8 Å². The lowest BCUT2D eigenvalue weighted by Gasteiger charge is -2.26. The first-order chi connectivity index (χ1) is 15.6. The zero-order valence-corrected chi connectivity index (χ0v) is 18.1. The van der Waals surface area contributed by atoms with Crippen molar-refractivity contribution >= 4 is 33.7 Å². The highest BCUT2D eigenvalue weighted by atomic mass is 16.3. The van der Waals surface area contributed by atoms with Crippen LogP contribution in [0.3, 0.4) is 0 Å². The van der Waals surface area contributed by atoms with Gasteiger partial charge in [-0.05, 0) is 69.2 Å². The summed E-state index contributed by atoms with van der Waals surface area (Å²) in [5.74, 6) is 0.516. The summed E-state index contributed by atoms with van der Waals surface area (Å²) in [4.78, 5) is 27.4. The number of anilines is 2. The minimum atomic E-state index is -0.265. The van der Waals surface area contributed by atoms with Crippen molar-refractivity contribution in [1.82, 2.24) is 24.1 Å². The van der Waals surface area contributed by atoms with Crippen molar-refractivity contribution in [3.63, 3.8) is 0 Å². The van der Waals surface area contributed by atoms with Gasteiger partial charge in [-0.2, -0.15) is 4.98 Å². The molecule has 1 fully saturated rings. The van der Waals surface area contributed by atoms with Crippen LogP contribution in [0, 0.1) is 6.92 Å². The zero-order valence-electron chi connectivity index (χ0n) is 18.1. The van der Waals surface area contributed by atoms with Gasteiger partial charge in [-0.15, -0.1) is 0 Å². The summed E-state index contributed by atoms with van der Waals surface area (Å²) in [6.07, 6.45) is 6.28. The Morgan fingerprint density at radius 2 is 2.00 bits per heavy atom. The van der Waals surface area contributed by atoms with E-state index < -0.39 is 0 Å². The Kier molecular flexibility index (Phi) is 4.50. The van der Waals surface area contributed by atoms with Crippen molar-refractivity contribution in [2.45, 2.75) is 64.1 Å². The van der Waals surface area contributed by atoms with Crippen LogP contribution in [0.2, 0.25) is 0 Å². The minimum Gasteiger partial charge on any atom is -0.393 e. The fourth-order valence-electron chi connectivity index (χ4n) is 5.22. The van der Waals surface area contributed by atoms with Crippen LogP contribution in [0.25, 0.3) is 22.1 Å². The summed E-state index contributed by atoms with van der Waals surface area (Å²) >= 11 is 0. The Morgan fingerprint density at radius 3 is 2.84 bits per heavy atom. The van der Waals surface area contributed by atoms with Crippen LogP contribution < -0.4 is 11.0 Å². The van der Waals surface area contributed by atoms with Crippen LogP contribution in [0.4, 0.5) is 11.6 Å². The second-order valence-electron chi connectivity index (χ2n) is 9.02. The number of fused-ring (bicyclic) bond motifs is 1. The normalized spacial score (nSPS) is 20.7. The monoisotopic (exact) mass is 430 g/mol. The molecular weight excluding hydrogens is 404 g/mol. The molecular formula is C24H26N6O2. The third kappa shape index (κ3) is 3.09. The average Bonchev–Trinajstić information content (AvgIpc) is 3.08. The number of pyridine rings is 1. The van der Waals surface area contributed by atoms with E-state index in [0.29, 0.717) is 18.1 Å². The van der Waals surface area contributed by atoms with Gasteiger partial charge in [0.2, 0.25) is 5.95 Å². The molecule has 32 heavy (non-hydrogen) atoms. The highest BCUT2D eigenvalue weighted by Gasteiger charge is 2.29. The lowest BCUT2D eigenvalue weighted by atomic mass is 9.93. The number of imidazole rings is 1. The number of benzene rings is 1. The van der Waals surface area contributed by atoms with Crippen LogP contribution in [-0.4, -0.2) is 35.3 Å². The predicted octanol–water partition coefficient (Wildman–Crippen LogP) is 3.62. The topological polar surface area (TPSA) is 97.9 Å². The summed E-state index contributed by atoms with van der Waals surface area (Å²) in [6, 6.07) is 8.15. The average molecular weight is 431 g/mol. The number of aliphatic hydroxyl groups excluding tert-OH is 1. The number of aryl methyl sites for hydroxylation is 3. The molecule has 0 spiro atoms. The number of nitrogens with one attached hydrogen (secondary N) is 1. The highest BCUT2D eigenvalue weighted by Crippen LogP contribution is 2.33. The lowest BCUT2D eigenvalue weighted by Crippen LogP contribution is -2.31. The highest BCUT2D eigenvalue weighted by molar-refractivity contribution is 5.85. The number of nitrogens with zero attached hydrogens (tertiary/aromatic N) is 5. The molecule has 8 nitrogen and oxygen atoms in total. The molecule has 2 N–H and O–H groups in total. The Bertz CT molecular complexity index is 1400. The van der Waals surface area contributed by atoms with Gasteiger partial charge in [0.1, 0.15) is 5.52 Å². The van der Waals surface area contributed by atoms with Gasteiger partial charge in [-0.25, -0.2) is 9.78 Å². The standard InChI is InChI=1S/C24H26N6O2/c1-14-12-20-15(4-2-10-25-20)13-19(14)27-23-26-18-5-3-11-29-21(18)22(28-23)30(24(29)32)16-6-8-17(31)9-7-16/h2,4,10,12-13,16-17,31H,3,5-9,11H2,1H3,(H,26,27,28). The predicted molar refractivity (Wildman–Crippen MR) is 123 cm³/mol. The molecule has 6 rings (SSSR count). The number of aromatic nitrogens is 5. The Labute approximate surface area is 185 Å². The Hall–Kier alpha value is -3.26. The maximum atomic E-state index is 13.3. The van der Waals surface area contributed by atoms with Crippen molar-refractivity contribution in [3.8, 4) is 0 Å². The second-order valence-corrected chi connectivity index (χ2v) is 9.02. The zero-order chi connectivity index (χ0) is 21.8. The number of rotatable bonds is 3. The maximum absolute atomic E-state index is 13.3. The summed E-state index contributed by atoms with van der Waals surface area (Å²) in [5.41, 5.74) is 5.46. The third-order valence-corrected chi connectivity index (χ3v) is 6.90. The first-order valence-corrected chi connectivity index (χ1v) is 11.4. The molecule has 1 saturated carbocycles. The van der Waals surface area contributed by atoms with Gasteiger partial charge in [-0.1, -0.05) is 6.07 Å². The van der Waals surface area contributed by atoms with Gasteiger partial charge in [0.05, 0.1) is 17.3 Å². The molecule has 3 aromatic heterocycles. The van der Waals surface area contributed by atoms with Crippen LogP contribution >= 0.6 is 0 Å². The van der Waals surface area contributed by atoms with Crippen molar-refractivity contribution in [1.29, 1.82) is 0 Å². The van der Waals surface area contributed by atoms with E-state index in [0.717, 1.165) is 71.9 Å². The molecule has 1 aliphatic carbocycles. The quantitative estimate of drug-likeness (QED) is 0.515. The molecule has 1 aromatic carbocycles. The summed E-state index contributed by atoms with van der Waals surface area (Å²) in [5, 5.41) is 14.4. The molecule has 0 bridgehead atoms. The molecule has 4 heterocycles. The third-order valence-electron chi connectivity index (χ3n) is 6.90. The van der Waals surface area contributed by atoms with Crippen molar-refractivity contribution in [2.75, 3.05) is 5.32 Å². The van der Waals surface area contributed by atoms with E-state index in [9.17, 15) is 9.90 Å². The Balaban J connectivity index is 1.47. The van der Waals surface area contributed by atoms with Gasteiger partial charge >= 0.3 is 5.69 Å². The smallest absolute Gasteiger partial charge is 0.330 e. The van der Waals surface area contributed by atoms with Crippen LogP contribution in [0.5, 0.6) is 0 Å². The molecule has 4 aromatic rings. The van der Waals surface area contributed by atoms with Crippen molar-refractivity contribution in [3.05, 3.63) is 52.2 Å². The minimum absolute atomic E-state index is 0.00162. The molecule has 0 amide bonds. The van der Waals surface area contributed by atoms with Crippen LogP contribution in [0.1, 0.15) is 49.4 Å². The summed E-state index contributed by atoms with van der Waals surface area (Å²) in [7, 11) is 0. The van der Waals surface area contributed by atoms with Crippen molar-refractivity contribution in [2.24, 2.45) is 0 Å². The van der Waals surface area contributed by atoms with Gasteiger partial charge in [0.15, 0.2) is 5.65 Å². The summed E-state index contributed by atoms with van der Waals surface area (Å²) < 4.78 is 3.70. The van der Waals surface area contributed by atoms with Gasteiger partial charge in [-0.3, -0.25) is 14.1 Å². The largest absolute Gasteiger partial charge is 0.393 e. The first kappa shape index (κ1) is 19.4. The maximum Gasteiger partial charge on any atom is 0.330 e. The molecule has 164 valence electrons. The lowest BCUT2D eigenvalue weighted by molar-refractivity contribution is 0.110. The van der Waals surface area contributed by atoms with E-state index >= 15 is 0 Å². The van der Waals surface area contributed by atoms with Gasteiger partial charge in [0.25, 0.3) is 0 Å². The van der Waals surface area contributed by atoms with Gasteiger partial charge in [0, 0.05) is 29.9 Å². The molecule has 8 heteroatoms. The molecule has 0 saturated heterocycles. The fourth-order valence-corrected chi connectivity index (χ4v) is 5.22. The SMILES string of the molecule is Cc1cc2ncccc2cc1Nc1nc2c3c(n1)n(C1CCC(O)CC1)c(=O)n3CCC2. The van der Waals surface area contributed by atoms with E-state index in [2.05, 4.69) is 22.4 Å². The van der Waals surface area contributed by atoms with Crippen molar-refractivity contribution < 1.29 is 5.11 Å².